The van der Waals surface area contributed by atoms with E-state index in [0.717, 1.165) is 49.7 Å². The van der Waals surface area contributed by atoms with Crippen LogP contribution in [0.1, 0.15) is 107 Å². The number of benzene rings is 2. The molecule has 3 aromatic rings. The van der Waals surface area contributed by atoms with E-state index in [2.05, 4.69) is 76.6 Å². The SMILES string of the molecule is CCC(CC)c1ccc2cc[n+]3c4c2c1C(C)(C)c1c(F)c(C)cc(c1-4)CCC3(CC)CC. The molecule has 2 heteroatoms. The Kier molecular flexibility index (Phi) is 5.23. The molecule has 0 saturated carbocycles. The summed E-state index contributed by atoms with van der Waals surface area (Å²) in [5.41, 5.74) is 7.98. The minimum atomic E-state index is -0.380. The highest BCUT2D eigenvalue weighted by Gasteiger charge is 2.49. The molecule has 1 aliphatic heterocycles. The zero-order valence-corrected chi connectivity index (χ0v) is 21.5. The van der Waals surface area contributed by atoms with Crippen molar-refractivity contribution < 1.29 is 8.96 Å². The maximum Gasteiger partial charge on any atom is 0.221 e. The van der Waals surface area contributed by atoms with Crippen molar-refractivity contribution in [2.45, 2.75) is 104 Å². The fraction of sp³-hybridized carbons (Fsp3) is 0.516. The third-order valence-corrected chi connectivity index (χ3v) is 9.28. The third-order valence-electron chi connectivity index (χ3n) is 9.28. The first-order valence-corrected chi connectivity index (χ1v) is 13.1. The highest BCUT2D eigenvalue weighted by molar-refractivity contribution is 6.01. The predicted octanol–water partition coefficient (Wildman–Crippen LogP) is 8.25. The van der Waals surface area contributed by atoms with Crippen LogP contribution in [0.5, 0.6) is 0 Å². The van der Waals surface area contributed by atoms with Gasteiger partial charge in [-0.05, 0) is 59.7 Å². The molecule has 2 heterocycles. The van der Waals surface area contributed by atoms with Crippen LogP contribution in [0.15, 0.2) is 30.5 Å². The van der Waals surface area contributed by atoms with Crippen molar-refractivity contribution in [2.75, 3.05) is 0 Å². The molecule has 0 fully saturated rings. The zero-order chi connectivity index (χ0) is 23.7. The fourth-order valence-electron chi connectivity index (χ4n) is 7.24. The number of aromatic nitrogens is 1. The normalized spacial score (nSPS) is 17.5. The van der Waals surface area contributed by atoms with Crippen molar-refractivity contribution in [3.63, 3.8) is 0 Å². The third kappa shape index (κ3) is 2.85. The minimum Gasteiger partial charge on any atom is -0.206 e. The Balaban J connectivity index is 2.07. The number of pyridine rings is 1. The van der Waals surface area contributed by atoms with Crippen LogP contribution in [0.3, 0.4) is 0 Å². The summed E-state index contributed by atoms with van der Waals surface area (Å²) in [6, 6.07) is 9.13. The van der Waals surface area contributed by atoms with E-state index in [1.54, 1.807) is 0 Å². The lowest BCUT2D eigenvalue weighted by atomic mass is 9.65. The molecule has 5 rings (SSSR count). The van der Waals surface area contributed by atoms with Crippen LogP contribution >= 0.6 is 0 Å². The molecule has 1 aromatic heterocycles. The molecule has 0 amide bonds. The molecule has 174 valence electrons. The van der Waals surface area contributed by atoms with Crippen LogP contribution in [0.25, 0.3) is 22.0 Å². The molecule has 0 radical (unpaired) electrons. The highest BCUT2D eigenvalue weighted by Crippen LogP contribution is 2.54. The number of nitrogens with zero attached hydrogens (tertiary/aromatic N) is 1. The van der Waals surface area contributed by atoms with Gasteiger partial charge in [0.05, 0.1) is 10.9 Å². The molecule has 0 bridgehead atoms. The van der Waals surface area contributed by atoms with Crippen LogP contribution in [-0.4, -0.2) is 0 Å². The molecular weight excluding hydrogens is 405 g/mol. The van der Waals surface area contributed by atoms with Gasteiger partial charge in [-0.25, -0.2) is 4.39 Å². The van der Waals surface area contributed by atoms with E-state index in [9.17, 15) is 0 Å². The number of hydrogen-bond acceptors (Lipinski definition) is 0. The van der Waals surface area contributed by atoms with Gasteiger partial charge in [-0.2, -0.15) is 4.57 Å². The van der Waals surface area contributed by atoms with Crippen LogP contribution in [-0.2, 0) is 17.4 Å². The van der Waals surface area contributed by atoms with Crippen molar-refractivity contribution in [3.05, 3.63) is 64.1 Å². The van der Waals surface area contributed by atoms with Gasteiger partial charge in [0.25, 0.3) is 0 Å². The van der Waals surface area contributed by atoms with E-state index < -0.39 is 0 Å². The largest absolute Gasteiger partial charge is 0.221 e. The van der Waals surface area contributed by atoms with Crippen molar-refractivity contribution >= 4 is 10.8 Å². The van der Waals surface area contributed by atoms with E-state index in [-0.39, 0.29) is 16.8 Å². The molecule has 0 N–H and O–H groups in total. The Bertz CT molecular complexity index is 1260. The Morgan fingerprint density at radius 2 is 1.70 bits per heavy atom. The van der Waals surface area contributed by atoms with E-state index in [4.69, 9.17) is 0 Å². The first-order valence-electron chi connectivity index (χ1n) is 13.1. The molecule has 2 aliphatic rings. The molecular formula is C31H39FN+. The van der Waals surface area contributed by atoms with Crippen molar-refractivity contribution in [1.82, 2.24) is 0 Å². The molecule has 0 atom stereocenters. The molecule has 0 saturated heterocycles. The van der Waals surface area contributed by atoms with Crippen LogP contribution < -0.4 is 4.57 Å². The van der Waals surface area contributed by atoms with Gasteiger partial charge in [-0.15, -0.1) is 0 Å². The molecule has 2 aromatic carbocycles. The number of aryl methyl sites for hydroxylation is 2. The fourth-order valence-corrected chi connectivity index (χ4v) is 7.24. The van der Waals surface area contributed by atoms with Gasteiger partial charge in [0, 0.05) is 36.3 Å². The van der Waals surface area contributed by atoms with Crippen LogP contribution in [0.2, 0.25) is 0 Å². The highest BCUT2D eigenvalue weighted by atomic mass is 19.1. The summed E-state index contributed by atoms with van der Waals surface area (Å²) in [4.78, 5) is 0. The topological polar surface area (TPSA) is 3.88 Å². The Morgan fingerprint density at radius 1 is 1.00 bits per heavy atom. The van der Waals surface area contributed by atoms with Gasteiger partial charge >= 0.3 is 0 Å². The molecule has 1 nitrogen and oxygen atoms in total. The summed E-state index contributed by atoms with van der Waals surface area (Å²) >= 11 is 0. The number of hydrogen-bond donors (Lipinski definition) is 0. The lowest BCUT2D eigenvalue weighted by Gasteiger charge is -2.38. The summed E-state index contributed by atoms with van der Waals surface area (Å²) in [6.45, 7) is 15.7. The van der Waals surface area contributed by atoms with E-state index in [0.29, 0.717) is 5.92 Å². The monoisotopic (exact) mass is 444 g/mol. The van der Waals surface area contributed by atoms with Crippen molar-refractivity contribution in [2.24, 2.45) is 0 Å². The lowest BCUT2D eigenvalue weighted by Crippen LogP contribution is -2.57. The first kappa shape index (κ1) is 22.6. The maximum absolute atomic E-state index is 16.2. The van der Waals surface area contributed by atoms with Crippen LogP contribution in [0, 0.1) is 12.7 Å². The van der Waals surface area contributed by atoms with E-state index in [1.165, 1.54) is 38.7 Å². The summed E-state index contributed by atoms with van der Waals surface area (Å²) in [7, 11) is 0. The van der Waals surface area contributed by atoms with Crippen molar-refractivity contribution in [1.29, 1.82) is 0 Å². The number of rotatable bonds is 5. The first-order chi connectivity index (χ1) is 15.8. The Morgan fingerprint density at radius 3 is 2.33 bits per heavy atom. The zero-order valence-electron chi connectivity index (χ0n) is 21.5. The number of halogens is 1. The van der Waals surface area contributed by atoms with E-state index in [1.807, 2.05) is 6.92 Å². The lowest BCUT2D eigenvalue weighted by molar-refractivity contribution is -0.756. The van der Waals surface area contributed by atoms with Gasteiger partial charge in [-0.1, -0.05) is 59.7 Å². The van der Waals surface area contributed by atoms with Gasteiger partial charge in [-0.3, -0.25) is 0 Å². The van der Waals surface area contributed by atoms with Gasteiger partial charge in [0.15, 0.2) is 11.7 Å². The Hall–Kier alpha value is -2.22. The second-order valence-electron chi connectivity index (χ2n) is 11.0. The second-order valence-corrected chi connectivity index (χ2v) is 11.0. The maximum atomic E-state index is 16.2. The molecule has 0 unspecified atom stereocenters. The summed E-state index contributed by atoms with van der Waals surface area (Å²) in [5.74, 6) is 0.485. The predicted molar refractivity (Wildman–Crippen MR) is 137 cm³/mol. The minimum absolute atomic E-state index is 0.00667. The molecule has 0 spiro atoms. The summed E-state index contributed by atoms with van der Waals surface area (Å²) < 4.78 is 18.7. The van der Waals surface area contributed by atoms with Gasteiger partial charge in [0.2, 0.25) is 5.69 Å². The summed E-state index contributed by atoms with van der Waals surface area (Å²) in [6.07, 6.45) is 8.80. The average molecular weight is 445 g/mol. The van der Waals surface area contributed by atoms with Gasteiger partial charge in [0.1, 0.15) is 5.82 Å². The average Bonchev–Trinajstić information content (AvgIpc) is 2.94. The van der Waals surface area contributed by atoms with E-state index >= 15 is 4.39 Å². The van der Waals surface area contributed by atoms with Crippen molar-refractivity contribution in [3.8, 4) is 11.3 Å². The van der Waals surface area contributed by atoms with Crippen LogP contribution in [0.4, 0.5) is 4.39 Å². The summed E-state index contributed by atoms with van der Waals surface area (Å²) in [5, 5.41) is 2.66. The second kappa shape index (κ2) is 7.65. The van der Waals surface area contributed by atoms with Gasteiger partial charge < -0.3 is 0 Å². The smallest absolute Gasteiger partial charge is 0.206 e. The quantitative estimate of drug-likeness (QED) is 0.349. The standard InChI is InChI=1S/C31H39FN/c1-8-20(9-2)23-13-12-21-15-17-33-29-24(21)26(23)30(6,7)27-25(29)22(18-19(5)28(27)32)14-16-31(33,10-3)11-4/h12-13,15,17-18,20H,8-11,14,16H2,1-7H3/q+1. The molecule has 33 heavy (non-hydrogen) atoms. The Labute approximate surface area is 199 Å². The molecule has 1 aliphatic carbocycles.